The Balaban J connectivity index is 2.34. The molecule has 16 heavy (non-hydrogen) atoms. The van der Waals surface area contributed by atoms with Crippen LogP contribution in [0.5, 0.6) is 5.88 Å². The molecule has 0 bridgehead atoms. The lowest BCUT2D eigenvalue weighted by Gasteiger charge is -2.04. The van der Waals surface area contributed by atoms with Gasteiger partial charge in [-0.25, -0.2) is 4.98 Å². The molecule has 0 aliphatic rings. The normalized spacial score (nSPS) is 10.1. The average Bonchev–Trinajstić information content (AvgIpc) is 2.39. The van der Waals surface area contributed by atoms with Crippen molar-refractivity contribution in [3.05, 3.63) is 54.6 Å². The fraction of sp³-hybridized carbons (Fsp3) is 0.143. The Labute approximate surface area is 95.9 Å². The summed E-state index contributed by atoms with van der Waals surface area (Å²) in [5, 5.41) is 0. The second kappa shape index (κ2) is 4.79. The lowest BCUT2D eigenvalue weighted by atomic mass is 10.0. The topological polar surface area (TPSA) is 22.1 Å². The summed E-state index contributed by atoms with van der Waals surface area (Å²) in [7, 11) is 1.63. The maximum atomic E-state index is 5.10. The van der Waals surface area contributed by atoms with E-state index in [-0.39, 0.29) is 0 Å². The van der Waals surface area contributed by atoms with Crippen molar-refractivity contribution in [1.82, 2.24) is 4.98 Å². The van der Waals surface area contributed by atoms with Crippen LogP contribution in [0.25, 0.3) is 11.1 Å². The van der Waals surface area contributed by atoms with E-state index in [0.29, 0.717) is 5.88 Å². The molecule has 0 aliphatic heterocycles. The van der Waals surface area contributed by atoms with Crippen LogP contribution in [-0.2, 0) is 0 Å². The average molecular weight is 212 g/mol. The van der Waals surface area contributed by atoms with Crippen LogP contribution in [0.4, 0.5) is 0 Å². The van der Waals surface area contributed by atoms with E-state index >= 15 is 0 Å². The molecule has 0 saturated carbocycles. The van der Waals surface area contributed by atoms with Gasteiger partial charge >= 0.3 is 0 Å². The quantitative estimate of drug-likeness (QED) is 0.778. The fourth-order valence-corrected chi connectivity index (χ4v) is 1.57. The van der Waals surface area contributed by atoms with Gasteiger partial charge < -0.3 is 4.74 Å². The molecule has 0 unspecified atom stereocenters. The third-order valence-electron chi connectivity index (χ3n) is 2.52. The van der Waals surface area contributed by atoms with E-state index in [1.54, 1.807) is 13.3 Å². The molecule has 2 aromatic rings. The molecule has 0 N–H and O–H groups in total. The van der Waals surface area contributed by atoms with Gasteiger partial charge in [0.25, 0.3) is 0 Å². The highest BCUT2D eigenvalue weighted by molar-refractivity contribution is 5.64. The molecule has 2 rings (SSSR count). The molecular weight excluding hydrogens is 198 g/mol. The van der Waals surface area contributed by atoms with Crippen molar-refractivity contribution in [1.29, 1.82) is 0 Å². The number of nitrogens with zero attached hydrogens (tertiary/aromatic N) is 1. The van der Waals surface area contributed by atoms with E-state index in [0.717, 1.165) is 5.56 Å². The summed E-state index contributed by atoms with van der Waals surface area (Å²) in [5.41, 5.74) is 3.52. The SMILES string of the molecule is C[CH]c1ccc(-c2ccnc(OC)c2)cc1. The lowest BCUT2D eigenvalue weighted by molar-refractivity contribution is 0.398. The lowest BCUT2D eigenvalue weighted by Crippen LogP contribution is -1.87. The highest BCUT2D eigenvalue weighted by Crippen LogP contribution is 2.22. The maximum absolute atomic E-state index is 5.10. The van der Waals surface area contributed by atoms with Crippen molar-refractivity contribution in [2.45, 2.75) is 6.92 Å². The first kappa shape index (κ1) is 10.7. The highest BCUT2D eigenvalue weighted by Gasteiger charge is 2.00. The standard InChI is InChI=1S/C14H14NO/c1-3-11-4-6-12(7-5-11)13-8-9-15-14(10-13)16-2/h3-10H,1-2H3. The van der Waals surface area contributed by atoms with Crippen LogP contribution in [0.15, 0.2) is 42.6 Å². The van der Waals surface area contributed by atoms with Gasteiger partial charge in [-0.15, -0.1) is 0 Å². The first-order chi connectivity index (χ1) is 7.83. The predicted molar refractivity (Wildman–Crippen MR) is 65.3 cm³/mol. The fourth-order valence-electron chi connectivity index (χ4n) is 1.57. The van der Waals surface area contributed by atoms with E-state index in [2.05, 4.69) is 35.7 Å². The van der Waals surface area contributed by atoms with Gasteiger partial charge in [0.1, 0.15) is 0 Å². The Morgan fingerprint density at radius 3 is 2.44 bits per heavy atom. The number of rotatable bonds is 3. The zero-order valence-electron chi connectivity index (χ0n) is 9.47. The second-order valence-corrected chi connectivity index (χ2v) is 3.50. The van der Waals surface area contributed by atoms with Gasteiger partial charge in [0.2, 0.25) is 5.88 Å². The van der Waals surface area contributed by atoms with Crippen LogP contribution in [0.3, 0.4) is 0 Å². The number of aromatic nitrogens is 1. The molecule has 1 aromatic carbocycles. The number of ether oxygens (including phenoxy) is 1. The minimum absolute atomic E-state index is 0.642. The molecule has 0 amide bonds. The van der Waals surface area contributed by atoms with Gasteiger partial charge in [0.15, 0.2) is 0 Å². The summed E-state index contributed by atoms with van der Waals surface area (Å²) in [5.74, 6) is 0.642. The molecule has 0 aliphatic carbocycles. The minimum Gasteiger partial charge on any atom is -0.481 e. The zero-order chi connectivity index (χ0) is 11.4. The summed E-state index contributed by atoms with van der Waals surface area (Å²) in [6.07, 6.45) is 3.84. The van der Waals surface area contributed by atoms with Crippen molar-refractivity contribution < 1.29 is 4.74 Å². The number of methoxy groups -OCH3 is 1. The van der Waals surface area contributed by atoms with E-state index in [1.165, 1.54) is 11.1 Å². The summed E-state index contributed by atoms with van der Waals surface area (Å²) < 4.78 is 5.10. The zero-order valence-corrected chi connectivity index (χ0v) is 9.47. The van der Waals surface area contributed by atoms with Crippen LogP contribution < -0.4 is 4.74 Å². The Hall–Kier alpha value is -1.83. The summed E-state index contributed by atoms with van der Waals surface area (Å²) in [6, 6.07) is 12.3. The van der Waals surface area contributed by atoms with Gasteiger partial charge in [-0.2, -0.15) is 0 Å². The largest absolute Gasteiger partial charge is 0.481 e. The molecule has 0 atom stereocenters. The monoisotopic (exact) mass is 212 g/mol. The molecule has 81 valence electrons. The van der Waals surface area contributed by atoms with Gasteiger partial charge in [0, 0.05) is 12.3 Å². The molecule has 1 aromatic heterocycles. The molecule has 2 nitrogen and oxygen atoms in total. The molecule has 1 radical (unpaired) electrons. The van der Waals surface area contributed by atoms with Crippen molar-refractivity contribution in [3.63, 3.8) is 0 Å². The third-order valence-corrected chi connectivity index (χ3v) is 2.52. The number of hydrogen-bond acceptors (Lipinski definition) is 2. The predicted octanol–water partition coefficient (Wildman–Crippen LogP) is 3.33. The van der Waals surface area contributed by atoms with Crippen LogP contribution in [0.2, 0.25) is 0 Å². The Morgan fingerprint density at radius 2 is 1.81 bits per heavy atom. The van der Waals surface area contributed by atoms with E-state index < -0.39 is 0 Å². The Bertz CT molecular complexity index is 462. The highest BCUT2D eigenvalue weighted by atomic mass is 16.5. The second-order valence-electron chi connectivity index (χ2n) is 3.50. The Morgan fingerprint density at radius 1 is 1.06 bits per heavy atom. The van der Waals surface area contributed by atoms with Crippen LogP contribution in [-0.4, -0.2) is 12.1 Å². The first-order valence-electron chi connectivity index (χ1n) is 5.23. The molecular formula is C14H14NO. The van der Waals surface area contributed by atoms with Crippen molar-refractivity contribution in [3.8, 4) is 17.0 Å². The minimum atomic E-state index is 0.642. The third kappa shape index (κ3) is 2.22. The first-order valence-corrected chi connectivity index (χ1v) is 5.23. The van der Waals surface area contributed by atoms with Crippen molar-refractivity contribution >= 4 is 0 Å². The van der Waals surface area contributed by atoms with Crippen molar-refractivity contribution in [2.24, 2.45) is 0 Å². The summed E-state index contributed by atoms with van der Waals surface area (Å²) in [4.78, 5) is 4.09. The Kier molecular flexibility index (Phi) is 3.20. The van der Waals surface area contributed by atoms with Gasteiger partial charge in [-0.05, 0) is 29.2 Å². The van der Waals surface area contributed by atoms with Gasteiger partial charge in [-0.3, -0.25) is 0 Å². The van der Waals surface area contributed by atoms with Crippen LogP contribution in [0.1, 0.15) is 12.5 Å². The molecule has 0 spiro atoms. The maximum Gasteiger partial charge on any atom is 0.213 e. The molecule has 1 heterocycles. The number of pyridine rings is 1. The van der Waals surface area contributed by atoms with Gasteiger partial charge in [-0.1, -0.05) is 31.2 Å². The molecule has 0 fully saturated rings. The van der Waals surface area contributed by atoms with E-state index in [4.69, 9.17) is 4.74 Å². The van der Waals surface area contributed by atoms with Crippen molar-refractivity contribution in [2.75, 3.05) is 7.11 Å². The summed E-state index contributed by atoms with van der Waals surface area (Å²) in [6.45, 7) is 2.03. The van der Waals surface area contributed by atoms with Gasteiger partial charge in [0.05, 0.1) is 7.11 Å². The molecule has 0 saturated heterocycles. The van der Waals surface area contributed by atoms with E-state index in [9.17, 15) is 0 Å². The summed E-state index contributed by atoms with van der Waals surface area (Å²) >= 11 is 0. The molecule has 2 heteroatoms. The number of hydrogen-bond donors (Lipinski definition) is 0. The van der Waals surface area contributed by atoms with Crippen LogP contribution >= 0.6 is 0 Å². The van der Waals surface area contributed by atoms with E-state index in [1.807, 2.05) is 19.1 Å². The van der Waals surface area contributed by atoms with Crippen LogP contribution in [0, 0.1) is 6.42 Å². The number of benzene rings is 1. The smallest absolute Gasteiger partial charge is 0.213 e.